The molecule has 0 aliphatic heterocycles. The van der Waals surface area contributed by atoms with E-state index in [0.717, 1.165) is 5.69 Å². The summed E-state index contributed by atoms with van der Waals surface area (Å²) in [4.78, 5) is 7.95. The van der Waals surface area contributed by atoms with Crippen LogP contribution in [-0.2, 0) is 0 Å². The van der Waals surface area contributed by atoms with E-state index in [1.165, 1.54) is 6.33 Å². The number of nitrogens with zero attached hydrogens (tertiary/aromatic N) is 4. The van der Waals surface area contributed by atoms with E-state index in [0.29, 0.717) is 11.5 Å². The lowest BCUT2D eigenvalue weighted by Gasteiger charge is -1.96. The van der Waals surface area contributed by atoms with Crippen molar-refractivity contribution in [3.63, 3.8) is 0 Å². The molecule has 0 saturated heterocycles. The molecule has 0 radical (unpaired) electrons. The van der Waals surface area contributed by atoms with Gasteiger partial charge in [0.2, 0.25) is 0 Å². The van der Waals surface area contributed by atoms with E-state index in [2.05, 4.69) is 15.1 Å². The number of hydrogen-bond donors (Lipinski definition) is 1. The highest BCUT2D eigenvalue weighted by Crippen LogP contribution is 2.06. The van der Waals surface area contributed by atoms with Gasteiger partial charge in [-0.3, -0.25) is 0 Å². The fourth-order valence-electron chi connectivity index (χ4n) is 0.974. The lowest BCUT2D eigenvalue weighted by molar-refractivity contribution is 0.932. The smallest absolute Gasteiger partial charge is 0.197 e. The Morgan fingerprint density at radius 1 is 1.55 bits per heavy atom. The molecule has 0 unspecified atom stereocenters. The van der Waals surface area contributed by atoms with Crippen LogP contribution in [-0.4, -0.2) is 19.6 Å². The number of fused-ring (bicyclic) bond motifs is 1. The van der Waals surface area contributed by atoms with Crippen molar-refractivity contribution in [3.05, 3.63) is 18.2 Å². The van der Waals surface area contributed by atoms with E-state index < -0.39 is 0 Å². The summed E-state index contributed by atoms with van der Waals surface area (Å²) < 4.78 is 1.61. The zero-order valence-electron chi connectivity index (χ0n) is 6.02. The Morgan fingerprint density at radius 3 is 3.18 bits per heavy atom. The summed E-state index contributed by atoms with van der Waals surface area (Å²) in [5, 5.41) is 3.93. The molecule has 0 bridgehead atoms. The van der Waals surface area contributed by atoms with Crippen LogP contribution >= 0.6 is 0 Å². The van der Waals surface area contributed by atoms with Gasteiger partial charge in [0.05, 0.1) is 11.9 Å². The van der Waals surface area contributed by atoms with E-state index in [-0.39, 0.29) is 0 Å². The molecule has 2 aromatic heterocycles. The molecule has 0 aromatic carbocycles. The molecular weight excluding hydrogens is 142 g/mol. The first-order valence-electron chi connectivity index (χ1n) is 3.20. The highest BCUT2D eigenvalue weighted by molar-refractivity contribution is 5.58. The standard InChI is InChI=1S/C6H7N5/c1-4-2-11-6(5(7)10-4)8-3-9-11/h2-3H,1H3,(H2,7,10). The molecule has 0 amide bonds. The summed E-state index contributed by atoms with van der Waals surface area (Å²) in [6.07, 6.45) is 3.23. The summed E-state index contributed by atoms with van der Waals surface area (Å²) in [5.74, 6) is 0.419. The van der Waals surface area contributed by atoms with Crippen molar-refractivity contribution in [2.75, 3.05) is 5.73 Å². The summed E-state index contributed by atoms with van der Waals surface area (Å²) in [6, 6.07) is 0. The van der Waals surface area contributed by atoms with Crippen LogP contribution in [0.5, 0.6) is 0 Å². The molecule has 5 nitrogen and oxygen atoms in total. The molecule has 11 heavy (non-hydrogen) atoms. The van der Waals surface area contributed by atoms with Crippen molar-refractivity contribution in [1.82, 2.24) is 19.6 Å². The van der Waals surface area contributed by atoms with Crippen molar-refractivity contribution in [2.45, 2.75) is 6.92 Å². The predicted molar refractivity (Wildman–Crippen MR) is 39.9 cm³/mol. The largest absolute Gasteiger partial charge is 0.381 e. The fraction of sp³-hybridized carbons (Fsp3) is 0.167. The number of aromatic nitrogens is 4. The number of anilines is 1. The van der Waals surface area contributed by atoms with E-state index >= 15 is 0 Å². The van der Waals surface area contributed by atoms with E-state index in [4.69, 9.17) is 5.73 Å². The molecule has 0 aliphatic rings. The Balaban J connectivity index is 2.91. The van der Waals surface area contributed by atoms with Crippen LogP contribution in [0, 0.1) is 6.92 Å². The Kier molecular flexibility index (Phi) is 1.06. The van der Waals surface area contributed by atoms with Gasteiger partial charge in [-0.1, -0.05) is 0 Å². The van der Waals surface area contributed by atoms with Gasteiger partial charge in [0.1, 0.15) is 6.33 Å². The monoisotopic (exact) mass is 149 g/mol. The van der Waals surface area contributed by atoms with Gasteiger partial charge in [-0.2, -0.15) is 5.10 Å². The Bertz CT molecular complexity index is 391. The minimum absolute atomic E-state index is 0.419. The molecule has 5 heteroatoms. The SMILES string of the molecule is Cc1cn2ncnc2c(N)n1. The molecule has 0 saturated carbocycles. The first kappa shape index (κ1) is 6.09. The molecular formula is C6H7N5. The van der Waals surface area contributed by atoms with Crippen LogP contribution in [0.25, 0.3) is 5.65 Å². The fourth-order valence-corrected chi connectivity index (χ4v) is 0.974. The van der Waals surface area contributed by atoms with Gasteiger partial charge in [0, 0.05) is 0 Å². The molecule has 56 valence electrons. The predicted octanol–water partition coefficient (Wildman–Crippen LogP) is 0.0149. The quantitative estimate of drug-likeness (QED) is 0.573. The van der Waals surface area contributed by atoms with Gasteiger partial charge in [0.25, 0.3) is 0 Å². The third-order valence-corrected chi connectivity index (χ3v) is 1.41. The zero-order valence-corrected chi connectivity index (χ0v) is 6.02. The lowest BCUT2D eigenvalue weighted by atomic mass is 10.5. The highest BCUT2D eigenvalue weighted by Gasteiger charge is 2.00. The highest BCUT2D eigenvalue weighted by atomic mass is 15.3. The number of rotatable bonds is 0. The molecule has 0 fully saturated rings. The molecule has 2 heterocycles. The van der Waals surface area contributed by atoms with E-state index in [1.54, 1.807) is 10.7 Å². The van der Waals surface area contributed by atoms with Gasteiger partial charge in [-0.15, -0.1) is 0 Å². The van der Waals surface area contributed by atoms with E-state index in [1.807, 2.05) is 6.92 Å². The first-order valence-corrected chi connectivity index (χ1v) is 3.20. The van der Waals surface area contributed by atoms with Crippen LogP contribution in [0.3, 0.4) is 0 Å². The van der Waals surface area contributed by atoms with Crippen LogP contribution < -0.4 is 5.73 Å². The summed E-state index contributed by atoms with van der Waals surface area (Å²) in [7, 11) is 0. The maximum Gasteiger partial charge on any atom is 0.197 e. The first-order chi connectivity index (χ1) is 5.27. The van der Waals surface area contributed by atoms with Crippen LogP contribution in [0.2, 0.25) is 0 Å². The van der Waals surface area contributed by atoms with Crippen molar-refractivity contribution in [3.8, 4) is 0 Å². The third kappa shape index (κ3) is 0.813. The molecule has 2 aromatic rings. The Morgan fingerprint density at radius 2 is 2.36 bits per heavy atom. The Hall–Kier alpha value is -1.65. The molecule has 2 N–H and O–H groups in total. The minimum Gasteiger partial charge on any atom is -0.381 e. The van der Waals surface area contributed by atoms with Crippen molar-refractivity contribution < 1.29 is 0 Å². The summed E-state index contributed by atoms with van der Waals surface area (Å²) in [5.41, 5.74) is 7.01. The number of nitrogen functional groups attached to an aromatic ring is 1. The van der Waals surface area contributed by atoms with Gasteiger partial charge in [-0.05, 0) is 6.92 Å². The molecule has 0 aliphatic carbocycles. The topological polar surface area (TPSA) is 69.1 Å². The maximum atomic E-state index is 5.57. The van der Waals surface area contributed by atoms with Gasteiger partial charge in [0.15, 0.2) is 11.5 Å². The minimum atomic E-state index is 0.419. The lowest BCUT2D eigenvalue weighted by Crippen LogP contribution is -1.99. The van der Waals surface area contributed by atoms with E-state index in [9.17, 15) is 0 Å². The van der Waals surface area contributed by atoms with Gasteiger partial charge < -0.3 is 5.73 Å². The number of nitrogens with two attached hydrogens (primary N) is 1. The van der Waals surface area contributed by atoms with Crippen molar-refractivity contribution >= 4 is 11.5 Å². The van der Waals surface area contributed by atoms with Crippen LogP contribution in [0.4, 0.5) is 5.82 Å². The maximum absolute atomic E-state index is 5.57. The normalized spacial score (nSPS) is 10.6. The zero-order chi connectivity index (χ0) is 7.84. The molecule has 0 spiro atoms. The van der Waals surface area contributed by atoms with Crippen LogP contribution in [0.15, 0.2) is 12.5 Å². The average molecular weight is 149 g/mol. The molecule has 2 rings (SSSR count). The van der Waals surface area contributed by atoms with Crippen molar-refractivity contribution in [1.29, 1.82) is 0 Å². The summed E-state index contributed by atoms with van der Waals surface area (Å²) >= 11 is 0. The second-order valence-corrected chi connectivity index (χ2v) is 2.30. The van der Waals surface area contributed by atoms with Gasteiger partial charge in [-0.25, -0.2) is 14.5 Å². The number of hydrogen-bond acceptors (Lipinski definition) is 4. The van der Waals surface area contributed by atoms with Crippen LogP contribution in [0.1, 0.15) is 5.69 Å². The second-order valence-electron chi connectivity index (χ2n) is 2.30. The third-order valence-electron chi connectivity index (χ3n) is 1.41. The average Bonchev–Trinajstić information content (AvgIpc) is 2.34. The number of aryl methyl sites for hydroxylation is 1. The van der Waals surface area contributed by atoms with Crippen molar-refractivity contribution in [2.24, 2.45) is 0 Å². The Labute approximate surface area is 62.9 Å². The van der Waals surface area contributed by atoms with Gasteiger partial charge >= 0.3 is 0 Å². The molecule has 0 atom stereocenters. The summed E-state index contributed by atoms with van der Waals surface area (Å²) in [6.45, 7) is 1.86. The second kappa shape index (κ2) is 1.91.